The minimum atomic E-state index is -0.531. The molecule has 24 heavy (non-hydrogen) atoms. The summed E-state index contributed by atoms with van der Waals surface area (Å²) < 4.78 is 12.2. The van der Waals surface area contributed by atoms with Crippen LogP contribution in [0.2, 0.25) is 10.0 Å². The highest BCUT2D eigenvalue weighted by atomic mass is 35.5. The van der Waals surface area contributed by atoms with Crippen LogP contribution in [-0.2, 0) is 14.1 Å². The summed E-state index contributed by atoms with van der Waals surface area (Å²) in [5, 5.41) is 1.22. The molecule has 1 heterocycles. The first-order valence-electron chi connectivity index (χ1n) is 7.66. The molecule has 0 amide bonds. The molecule has 0 bridgehead atoms. The number of benzene rings is 1. The van der Waals surface area contributed by atoms with Gasteiger partial charge in [-0.15, -0.1) is 0 Å². The molecule has 0 N–H and O–H groups in total. The van der Waals surface area contributed by atoms with Gasteiger partial charge >= 0.3 is 7.12 Å². The molecule has 1 aliphatic heterocycles. The van der Waals surface area contributed by atoms with Gasteiger partial charge in [0.15, 0.2) is 5.12 Å². The lowest BCUT2D eigenvalue weighted by atomic mass is 9.78. The van der Waals surface area contributed by atoms with E-state index in [0.29, 0.717) is 15.8 Å². The normalized spacial score (nSPS) is 19.6. The predicted octanol–water partition coefficient (Wildman–Crippen LogP) is 5.29. The van der Waals surface area contributed by atoms with Gasteiger partial charge in [0.2, 0.25) is 0 Å². The van der Waals surface area contributed by atoms with Crippen LogP contribution in [0.15, 0.2) is 23.7 Å². The minimum Gasteiger partial charge on any atom is -0.400 e. The molecule has 1 saturated heterocycles. The summed E-state index contributed by atoms with van der Waals surface area (Å²) in [7, 11) is -0.531. The Morgan fingerprint density at radius 3 is 2.33 bits per heavy atom. The van der Waals surface area contributed by atoms with Gasteiger partial charge in [-0.3, -0.25) is 4.79 Å². The van der Waals surface area contributed by atoms with Gasteiger partial charge in [-0.25, -0.2) is 0 Å². The van der Waals surface area contributed by atoms with Crippen molar-refractivity contribution in [1.82, 2.24) is 0 Å². The molecule has 1 aromatic carbocycles. The van der Waals surface area contributed by atoms with E-state index in [2.05, 4.69) is 0 Å². The number of halogens is 2. The van der Waals surface area contributed by atoms with E-state index >= 15 is 0 Å². The van der Waals surface area contributed by atoms with Crippen LogP contribution in [0.5, 0.6) is 0 Å². The molecule has 2 rings (SSSR count). The van der Waals surface area contributed by atoms with Crippen LogP contribution in [0.3, 0.4) is 0 Å². The fourth-order valence-electron chi connectivity index (χ4n) is 2.18. The molecule has 0 aliphatic carbocycles. The van der Waals surface area contributed by atoms with Crippen molar-refractivity contribution in [2.75, 3.05) is 5.75 Å². The minimum absolute atomic E-state index is 0.0367. The molecule has 0 atom stereocenters. The van der Waals surface area contributed by atoms with Gasteiger partial charge in [0.25, 0.3) is 0 Å². The van der Waals surface area contributed by atoms with Crippen LogP contribution >= 0.6 is 35.0 Å². The molecule has 0 aromatic heterocycles. The second-order valence-corrected chi connectivity index (χ2v) is 8.75. The lowest BCUT2D eigenvalue weighted by Gasteiger charge is -2.32. The van der Waals surface area contributed by atoms with Crippen LogP contribution in [-0.4, -0.2) is 29.2 Å². The fraction of sp³-hybridized carbons (Fsp3) is 0.471. The van der Waals surface area contributed by atoms with Crippen LogP contribution in [0, 0.1) is 0 Å². The molecule has 1 aromatic rings. The van der Waals surface area contributed by atoms with Crippen molar-refractivity contribution in [2.45, 2.75) is 45.8 Å². The highest BCUT2D eigenvalue weighted by Gasteiger charge is 2.52. The van der Waals surface area contributed by atoms with Crippen molar-refractivity contribution in [2.24, 2.45) is 0 Å². The van der Waals surface area contributed by atoms with Crippen LogP contribution in [0.1, 0.15) is 40.2 Å². The van der Waals surface area contributed by atoms with Gasteiger partial charge in [-0.05, 0) is 56.9 Å². The summed E-state index contributed by atoms with van der Waals surface area (Å²) in [5.41, 5.74) is 0.724. The van der Waals surface area contributed by atoms with E-state index in [4.69, 9.17) is 32.5 Å². The first-order valence-corrected chi connectivity index (χ1v) is 9.40. The van der Waals surface area contributed by atoms with Crippen LogP contribution in [0.25, 0.3) is 6.08 Å². The average Bonchev–Trinajstić information content (AvgIpc) is 2.66. The standard InChI is InChI=1S/C17H21BCl2O3S/c1-11(21)24-10-13(8-12-9-14(19)6-7-15(12)20)18-22-16(2,3)17(4,5)23-18/h6-9H,10H2,1-5H3. The highest BCUT2D eigenvalue weighted by molar-refractivity contribution is 8.13. The number of rotatable bonds is 4. The lowest BCUT2D eigenvalue weighted by molar-refractivity contribution is -0.109. The van der Waals surface area contributed by atoms with E-state index in [9.17, 15) is 4.79 Å². The third kappa shape index (κ3) is 4.58. The van der Waals surface area contributed by atoms with Crippen LogP contribution in [0.4, 0.5) is 0 Å². The van der Waals surface area contributed by atoms with Crippen molar-refractivity contribution < 1.29 is 14.1 Å². The first kappa shape index (κ1) is 19.9. The summed E-state index contributed by atoms with van der Waals surface area (Å²) in [6, 6.07) is 5.27. The van der Waals surface area contributed by atoms with Crippen molar-refractivity contribution >= 4 is 53.3 Å². The molecule has 0 radical (unpaired) electrons. The highest BCUT2D eigenvalue weighted by Crippen LogP contribution is 2.39. The van der Waals surface area contributed by atoms with E-state index in [1.807, 2.05) is 33.8 Å². The van der Waals surface area contributed by atoms with E-state index in [1.165, 1.54) is 11.8 Å². The summed E-state index contributed by atoms with van der Waals surface area (Å²) in [6.45, 7) is 9.52. The lowest BCUT2D eigenvalue weighted by Crippen LogP contribution is -2.41. The van der Waals surface area contributed by atoms with Gasteiger partial charge in [0.05, 0.1) is 11.2 Å². The quantitative estimate of drug-likeness (QED) is 0.658. The zero-order valence-electron chi connectivity index (χ0n) is 14.5. The molecule has 7 heteroatoms. The van der Waals surface area contributed by atoms with E-state index in [1.54, 1.807) is 25.1 Å². The van der Waals surface area contributed by atoms with Gasteiger partial charge < -0.3 is 9.31 Å². The smallest absolute Gasteiger partial charge is 0.400 e. The molecule has 0 spiro atoms. The van der Waals surface area contributed by atoms with Gasteiger partial charge in [0, 0.05) is 22.7 Å². The van der Waals surface area contributed by atoms with Gasteiger partial charge in [-0.2, -0.15) is 0 Å². The third-order valence-electron chi connectivity index (χ3n) is 4.30. The number of hydrogen-bond acceptors (Lipinski definition) is 4. The zero-order chi connectivity index (χ0) is 18.1. The largest absolute Gasteiger partial charge is 0.491 e. The van der Waals surface area contributed by atoms with E-state index in [0.717, 1.165) is 11.0 Å². The Labute approximate surface area is 158 Å². The molecule has 130 valence electrons. The first-order chi connectivity index (χ1) is 11.0. The maximum Gasteiger partial charge on any atom is 0.491 e. The van der Waals surface area contributed by atoms with Crippen molar-refractivity contribution in [3.05, 3.63) is 39.3 Å². The Bertz CT molecular complexity index is 658. The number of hydrogen-bond donors (Lipinski definition) is 0. The van der Waals surface area contributed by atoms with E-state index in [-0.39, 0.29) is 5.12 Å². The number of carbonyl (C=O) groups excluding carboxylic acids is 1. The Hall–Kier alpha value is -0.455. The Morgan fingerprint density at radius 1 is 1.21 bits per heavy atom. The predicted molar refractivity (Wildman–Crippen MR) is 104 cm³/mol. The van der Waals surface area contributed by atoms with E-state index < -0.39 is 18.3 Å². The molecular formula is C17H21BCl2O3S. The zero-order valence-corrected chi connectivity index (χ0v) is 16.8. The van der Waals surface area contributed by atoms with Crippen LogP contribution < -0.4 is 0 Å². The number of thioether (sulfide) groups is 1. The maximum absolute atomic E-state index is 11.4. The Morgan fingerprint density at radius 2 is 1.79 bits per heavy atom. The Balaban J connectivity index is 2.37. The Kier molecular flexibility index (Phi) is 6.14. The second-order valence-electron chi connectivity index (χ2n) is 6.75. The average molecular weight is 387 g/mol. The molecular weight excluding hydrogens is 366 g/mol. The van der Waals surface area contributed by atoms with Gasteiger partial charge in [-0.1, -0.05) is 41.0 Å². The SMILES string of the molecule is CC(=O)SCC(=Cc1cc(Cl)ccc1Cl)B1OC(C)(C)C(C)(C)O1. The topological polar surface area (TPSA) is 35.5 Å². The summed E-state index contributed by atoms with van der Waals surface area (Å²) >= 11 is 13.5. The molecule has 0 unspecified atom stereocenters. The fourth-order valence-corrected chi connectivity index (χ4v) is 3.12. The number of carbonyl (C=O) groups is 1. The second kappa shape index (κ2) is 7.42. The van der Waals surface area contributed by atoms with Crippen molar-refractivity contribution in [3.8, 4) is 0 Å². The third-order valence-corrected chi connectivity index (χ3v) is 5.76. The molecule has 0 saturated carbocycles. The molecule has 1 fully saturated rings. The monoisotopic (exact) mass is 386 g/mol. The maximum atomic E-state index is 11.4. The molecule has 1 aliphatic rings. The van der Waals surface area contributed by atoms with Crippen molar-refractivity contribution in [1.29, 1.82) is 0 Å². The summed E-state index contributed by atoms with van der Waals surface area (Å²) in [5.74, 6) is 0.467. The van der Waals surface area contributed by atoms with Gasteiger partial charge in [0.1, 0.15) is 0 Å². The molecule has 3 nitrogen and oxygen atoms in total. The van der Waals surface area contributed by atoms with Crippen molar-refractivity contribution in [3.63, 3.8) is 0 Å². The summed E-state index contributed by atoms with van der Waals surface area (Å²) in [6.07, 6.45) is 1.90. The summed E-state index contributed by atoms with van der Waals surface area (Å²) in [4.78, 5) is 11.4.